The molecule has 0 unspecified atom stereocenters. The highest BCUT2D eigenvalue weighted by atomic mass is 28.4. The molecular formula is C12H23NO5Si. The lowest BCUT2D eigenvalue weighted by Crippen LogP contribution is -2.44. The minimum absolute atomic E-state index is 0.0162. The maximum absolute atomic E-state index is 11.1. The van der Waals surface area contributed by atoms with Crippen LogP contribution >= 0.6 is 0 Å². The lowest BCUT2D eigenvalue weighted by molar-refractivity contribution is -0.141. The average Bonchev–Trinajstić information content (AvgIpc) is 2.59. The first-order chi connectivity index (χ1) is 8.45. The summed E-state index contributed by atoms with van der Waals surface area (Å²) in [6.45, 7) is 10.6. The Morgan fingerprint density at radius 3 is 2.11 bits per heavy atom. The van der Waals surface area contributed by atoms with Gasteiger partial charge in [-0.05, 0) is 18.1 Å². The number of nitrogens with zero attached hydrogens (tertiary/aromatic N) is 1. The first kappa shape index (κ1) is 16.0. The molecule has 1 heterocycles. The summed E-state index contributed by atoms with van der Waals surface area (Å²) in [5.74, 6) is -1.11. The third-order valence-electron chi connectivity index (χ3n) is 4.06. The summed E-state index contributed by atoms with van der Waals surface area (Å²) < 4.78 is 6.09. The molecule has 0 aliphatic carbocycles. The molecule has 1 fully saturated rings. The monoisotopic (exact) mass is 289 g/mol. The van der Waals surface area contributed by atoms with Crippen molar-refractivity contribution in [3.63, 3.8) is 0 Å². The van der Waals surface area contributed by atoms with Crippen LogP contribution in [0.2, 0.25) is 18.1 Å². The SMILES string of the molecule is CC(C)(C)[Si](C)(C)O[C@@H]1C[C@H](C(=O)O)N(C(=O)O)C1. The minimum Gasteiger partial charge on any atom is -0.480 e. The van der Waals surface area contributed by atoms with Crippen molar-refractivity contribution in [2.75, 3.05) is 6.54 Å². The number of rotatable bonds is 3. The largest absolute Gasteiger partial charge is 0.480 e. The van der Waals surface area contributed by atoms with Gasteiger partial charge in [0.1, 0.15) is 6.04 Å². The Morgan fingerprint density at radius 2 is 1.79 bits per heavy atom. The molecule has 110 valence electrons. The highest BCUT2D eigenvalue weighted by molar-refractivity contribution is 6.74. The van der Waals surface area contributed by atoms with Crippen molar-refractivity contribution in [2.45, 2.75) is 57.5 Å². The van der Waals surface area contributed by atoms with Crippen LogP contribution in [0.1, 0.15) is 27.2 Å². The van der Waals surface area contributed by atoms with Gasteiger partial charge in [0.2, 0.25) is 0 Å². The van der Waals surface area contributed by atoms with Crippen LogP contribution in [-0.2, 0) is 9.22 Å². The molecule has 0 bridgehead atoms. The van der Waals surface area contributed by atoms with Crippen LogP contribution in [0.4, 0.5) is 4.79 Å². The molecule has 0 aromatic heterocycles. The average molecular weight is 289 g/mol. The van der Waals surface area contributed by atoms with E-state index in [-0.39, 0.29) is 24.1 Å². The fourth-order valence-electron chi connectivity index (χ4n) is 1.92. The number of aliphatic carboxylic acids is 1. The van der Waals surface area contributed by atoms with Crippen molar-refractivity contribution in [3.05, 3.63) is 0 Å². The summed E-state index contributed by atoms with van der Waals surface area (Å²) in [5.41, 5.74) is 0. The summed E-state index contributed by atoms with van der Waals surface area (Å²) in [6.07, 6.45) is -1.29. The van der Waals surface area contributed by atoms with Crippen LogP contribution < -0.4 is 0 Å². The Kier molecular flexibility index (Phi) is 4.31. The van der Waals surface area contributed by atoms with Gasteiger partial charge >= 0.3 is 12.1 Å². The molecule has 1 aliphatic rings. The number of amides is 1. The Morgan fingerprint density at radius 1 is 1.26 bits per heavy atom. The second-order valence-corrected chi connectivity index (χ2v) is 11.3. The molecule has 0 radical (unpaired) electrons. The van der Waals surface area contributed by atoms with Crippen molar-refractivity contribution < 1.29 is 24.2 Å². The van der Waals surface area contributed by atoms with E-state index in [2.05, 4.69) is 33.9 Å². The molecule has 2 N–H and O–H groups in total. The summed E-state index contributed by atoms with van der Waals surface area (Å²) in [5, 5.41) is 18.1. The van der Waals surface area contributed by atoms with Crippen LogP contribution in [0.15, 0.2) is 0 Å². The highest BCUT2D eigenvalue weighted by Crippen LogP contribution is 2.38. The van der Waals surface area contributed by atoms with Crippen LogP contribution in [0, 0.1) is 0 Å². The smallest absolute Gasteiger partial charge is 0.408 e. The molecule has 2 atom stereocenters. The second-order valence-electron chi connectivity index (χ2n) is 6.52. The predicted molar refractivity (Wildman–Crippen MR) is 72.8 cm³/mol. The zero-order valence-corrected chi connectivity index (χ0v) is 13.1. The fourth-order valence-corrected chi connectivity index (χ4v) is 3.28. The number of likely N-dealkylation sites (tertiary alicyclic amines) is 1. The van der Waals surface area contributed by atoms with Crippen LogP contribution in [0.3, 0.4) is 0 Å². The molecule has 6 nitrogen and oxygen atoms in total. The number of hydrogen-bond acceptors (Lipinski definition) is 3. The molecule has 0 saturated carbocycles. The lowest BCUT2D eigenvalue weighted by Gasteiger charge is -2.38. The first-order valence-electron chi connectivity index (χ1n) is 6.36. The lowest BCUT2D eigenvalue weighted by atomic mass is 10.2. The Balaban J connectivity index is 2.79. The Bertz CT molecular complexity index is 355. The van der Waals surface area contributed by atoms with Crippen molar-refractivity contribution in [1.82, 2.24) is 4.90 Å². The van der Waals surface area contributed by atoms with Gasteiger partial charge in [-0.3, -0.25) is 4.90 Å². The number of carbonyl (C=O) groups is 2. The van der Waals surface area contributed by atoms with E-state index < -0.39 is 26.4 Å². The van der Waals surface area contributed by atoms with Crippen molar-refractivity contribution in [3.8, 4) is 0 Å². The van der Waals surface area contributed by atoms with Gasteiger partial charge in [0.15, 0.2) is 8.32 Å². The van der Waals surface area contributed by atoms with Gasteiger partial charge in [0.25, 0.3) is 0 Å². The van der Waals surface area contributed by atoms with Crippen LogP contribution in [0.5, 0.6) is 0 Å². The van der Waals surface area contributed by atoms with E-state index in [1.165, 1.54) is 0 Å². The number of carboxylic acid groups (broad SMARTS) is 2. The third-order valence-corrected chi connectivity index (χ3v) is 8.60. The zero-order chi connectivity index (χ0) is 15.0. The molecule has 0 spiro atoms. The van der Waals surface area contributed by atoms with E-state index in [1.54, 1.807) is 0 Å². The van der Waals surface area contributed by atoms with Crippen molar-refractivity contribution in [2.24, 2.45) is 0 Å². The topological polar surface area (TPSA) is 87.1 Å². The van der Waals surface area contributed by atoms with Gasteiger partial charge in [-0.1, -0.05) is 20.8 Å². The normalized spacial score (nSPS) is 24.6. The molecule has 1 amide bonds. The second kappa shape index (κ2) is 5.13. The van der Waals surface area contributed by atoms with Gasteiger partial charge in [0, 0.05) is 13.0 Å². The first-order valence-corrected chi connectivity index (χ1v) is 9.26. The van der Waals surface area contributed by atoms with E-state index in [4.69, 9.17) is 14.6 Å². The van der Waals surface area contributed by atoms with Crippen molar-refractivity contribution >= 4 is 20.4 Å². The summed E-state index contributed by atoms with van der Waals surface area (Å²) >= 11 is 0. The number of carboxylic acids is 1. The van der Waals surface area contributed by atoms with Gasteiger partial charge in [0.05, 0.1) is 6.10 Å². The molecule has 1 aliphatic heterocycles. The molecule has 19 heavy (non-hydrogen) atoms. The molecule has 1 saturated heterocycles. The molecule has 1 rings (SSSR count). The van der Waals surface area contributed by atoms with Gasteiger partial charge in [-0.15, -0.1) is 0 Å². The van der Waals surface area contributed by atoms with Gasteiger partial charge in [-0.25, -0.2) is 9.59 Å². The Labute approximate surface area is 114 Å². The van der Waals surface area contributed by atoms with Crippen LogP contribution in [0.25, 0.3) is 0 Å². The summed E-state index contributed by atoms with van der Waals surface area (Å²) in [6, 6.07) is -0.993. The number of hydrogen-bond donors (Lipinski definition) is 2. The molecule has 7 heteroatoms. The van der Waals surface area contributed by atoms with Gasteiger partial charge in [-0.2, -0.15) is 0 Å². The van der Waals surface area contributed by atoms with E-state index in [1.807, 2.05) is 0 Å². The molecular weight excluding hydrogens is 266 g/mol. The van der Waals surface area contributed by atoms with Gasteiger partial charge < -0.3 is 14.6 Å². The highest BCUT2D eigenvalue weighted by Gasteiger charge is 2.45. The predicted octanol–water partition coefficient (Wildman–Crippen LogP) is 2.21. The van der Waals surface area contributed by atoms with E-state index in [0.29, 0.717) is 0 Å². The molecule has 0 aromatic carbocycles. The summed E-state index contributed by atoms with van der Waals surface area (Å²) in [7, 11) is -2.01. The quantitative estimate of drug-likeness (QED) is 0.778. The zero-order valence-electron chi connectivity index (χ0n) is 12.1. The maximum atomic E-state index is 11.1. The molecule has 0 aromatic rings. The summed E-state index contributed by atoms with van der Waals surface area (Å²) in [4.78, 5) is 23.1. The van der Waals surface area contributed by atoms with Crippen molar-refractivity contribution in [1.29, 1.82) is 0 Å². The van der Waals surface area contributed by atoms with Crippen LogP contribution in [-0.4, -0.2) is 54.2 Å². The standard InChI is InChI=1S/C12H23NO5Si/c1-12(2,3)19(4,5)18-8-6-9(10(14)15)13(7-8)11(16)17/h8-9H,6-7H2,1-5H3,(H,14,15)(H,16,17)/t8-,9-/m1/s1. The maximum Gasteiger partial charge on any atom is 0.408 e. The Hall–Kier alpha value is -1.08. The third kappa shape index (κ3) is 3.47. The minimum atomic E-state index is -2.01. The van der Waals surface area contributed by atoms with E-state index in [0.717, 1.165) is 4.90 Å². The van der Waals surface area contributed by atoms with E-state index in [9.17, 15) is 9.59 Å². The van der Waals surface area contributed by atoms with E-state index >= 15 is 0 Å². The fraction of sp³-hybridized carbons (Fsp3) is 0.833.